The van der Waals surface area contributed by atoms with Crippen LogP contribution in [0.15, 0.2) is 18.2 Å². The Morgan fingerprint density at radius 1 is 1.50 bits per heavy atom. The van der Waals surface area contributed by atoms with Gasteiger partial charge in [0.05, 0.1) is 5.69 Å². The maximum atomic E-state index is 4.56. The van der Waals surface area contributed by atoms with Crippen LogP contribution < -0.4 is 5.32 Å². The summed E-state index contributed by atoms with van der Waals surface area (Å²) in [4.78, 5) is 7.07. The van der Waals surface area contributed by atoms with Crippen molar-refractivity contribution in [2.75, 3.05) is 25.5 Å². The van der Waals surface area contributed by atoms with E-state index >= 15 is 0 Å². The first-order valence-electron chi connectivity index (χ1n) is 6.14. The summed E-state index contributed by atoms with van der Waals surface area (Å²) in [5.41, 5.74) is 1.17. The smallest absolute Gasteiger partial charge is 0.126 e. The van der Waals surface area contributed by atoms with E-state index in [1.165, 1.54) is 31.6 Å². The van der Waals surface area contributed by atoms with Gasteiger partial charge in [-0.2, -0.15) is 0 Å². The van der Waals surface area contributed by atoms with Gasteiger partial charge in [0.25, 0.3) is 0 Å². The van der Waals surface area contributed by atoms with E-state index in [1.807, 2.05) is 13.1 Å². The highest BCUT2D eigenvalue weighted by atomic mass is 15.1. The highest BCUT2D eigenvalue weighted by Gasteiger charge is 2.16. The maximum absolute atomic E-state index is 4.56. The molecule has 1 N–H and O–H groups in total. The van der Waals surface area contributed by atoms with E-state index in [0.29, 0.717) is 0 Å². The molecule has 0 radical (unpaired) electrons. The van der Waals surface area contributed by atoms with Gasteiger partial charge in [-0.15, -0.1) is 0 Å². The molecule has 1 aliphatic heterocycles. The number of nitrogens with zero attached hydrogens (tertiary/aromatic N) is 2. The minimum absolute atomic E-state index is 0.834. The van der Waals surface area contributed by atoms with Crippen molar-refractivity contribution >= 4 is 5.82 Å². The van der Waals surface area contributed by atoms with Crippen molar-refractivity contribution in [1.82, 2.24) is 9.88 Å². The molecule has 0 bridgehead atoms. The predicted octanol–water partition coefficient (Wildman–Crippen LogP) is 2.36. The summed E-state index contributed by atoms with van der Waals surface area (Å²) < 4.78 is 0. The lowest BCUT2D eigenvalue weighted by molar-refractivity contribution is 0.175. The van der Waals surface area contributed by atoms with Gasteiger partial charge < -0.3 is 5.32 Å². The Balaban J connectivity index is 1.97. The number of aromatic nitrogens is 1. The summed E-state index contributed by atoms with van der Waals surface area (Å²) in [5, 5.41) is 3.08. The average Bonchev–Trinajstić information content (AvgIpc) is 2.29. The number of hydrogen-bond donors (Lipinski definition) is 1. The van der Waals surface area contributed by atoms with Gasteiger partial charge in [0.15, 0.2) is 0 Å². The van der Waals surface area contributed by atoms with Crippen molar-refractivity contribution in [3.8, 4) is 0 Å². The second-order valence-electron chi connectivity index (χ2n) is 4.75. The molecule has 0 spiro atoms. The zero-order chi connectivity index (χ0) is 11.4. The number of nitrogens with one attached hydrogen (secondary N) is 1. The predicted molar refractivity (Wildman–Crippen MR) is 67.5 cm³/mol. The molecule has 0 saturated carbocycles. The fraction of sp³-hybridized carbons (Fsp3) is 0.615. The van der Waals surface area contributed by atoms with Gasteiger partial charge in [-0.3, -0.25) is 4.90 Å². The minimum atomic E-state index is 0.834. The average molecular weight is 219 g/mol. The second-order valence-corrected chi connectivity index (χ2v) is 4.75. The Bertz CT molecular complexity index is 338. The Labute approximate surface area is 97.9 Å². The highest BCUT2D eigenvalue weighted by molar-refractivity contribution is 5.34. The van der Waals surface area contributed by atoms with E-state index in [0.717, 1.165) is 18.3 Å². The lowest BCUT2D eigenvalue weighted by Crippen LogP contribution is -2.33. The van der Waals surface area contributed by atoms with E-state index < -0.39 is 0 Å². The lowest BCUT2D eigenvalue weighted by Gasteiger charge is -2.30. The fourth-order valence-electron chi connectivity index (χ4n) is 2.37. The molecule has 1 unspecified atom stereocenters. The number of hydrogen-bond acceptors (Lipinski definition) is 3. The quantitative estimate of drug-likeness (QED) is 0.846. The van der Waals surface area contributed by atoms with Crippen molar-refractivity contribution in [2.24, 2.45) is 5.92 Å². The van der Waals surface area contributed by atoms with Gasteiger partial charge in [-0.25, -0.2) is 4.98 Å². The number of rotatable bonds is 3. The van der Waals surface area contributed by atoms with Crippen LogP contribution in [-0.2, 0) is 6.54 Å². The van der Waals surface area contributed by atoms with Crippen LogP contribution in [0.5, 0.6) is 0 Å². The first kappa shape index (κ1) is 11.4. The summed E-state index contributed by atoms with van der Waals surface area (Å²) in [7, 11) is 1.91. The van der Waals surface area contributed by atoms with Gasteiger partial charge in [0, 0.05) is 20.1 Å². The van der Waals surface area contributed by atoms with Gasteiger partial charge in [0.2, 0.25) is 0 Å². The van der Waals surface area contributed by atoms with Crippen LogP contribution in [0.25, 0.3) is 0 Å². The maximum Gasteiger partial charge on any atom is 0.126 e. The Kier molecular flexibility index (Phi) is 3.78. The van der Waals surface area contributed by atoms with Crippen LogP contribution in [-0.4, -0.2) is 30.0 Å². The topological polar surface area (TPSA) is 28.2 Å². The van der Waals surface area contributed by atoms with E-state index in [4.69, 9.17) is 0 Å². The molecule has 1 fully saturated rings. The van der Waals surface area contributed by atoms with E-state index in [2.05, 4.69) is 34.3 Å². The van der Waals surface area contributed by atoms with Crippen LogP contribution in [0.4, 0.5) is 5.82 Å². The minimum Gasteiger partial charge on any atom is -0.373 e. The number of likely N-dealkylation sites (tertiary alicyclic amines) is 1. The van der Waals surface area contributed by atoms with Crippen molar-refractivity contribution in [3.05, 3.63) is 23.9 Å². The highest BCUT2D eigenvalue weighted by Crippen LogP contribution is 2.17. The van der Waals surface area contributed by atoms with Crippen molar-refractivity contribution in [2.45, 2.75) is 26.3 Å². The Morgan fingerprint density at radius 2 is 2.38 bits per heavy atom. The van der Waals surface area contributed by atoms with Crippen molar-refractivity contribution < 1.29 is 0 Å². The molecule has 3 nitrogen and oxygen atoms in total. The molecule has 0 aliphatic carbocycles. The molecular formula is C13H21N3. The largest absolute Gasteiger partial charge is 0.373 e. The zero-order valence-corrected chi connectivity index (χ0v) is 10.2. The third-order valence-corrected chi connectivity index (χ3v) is 3.19. The number of anilines is 1. The lowest BCUT2D eigenvalue weighted by atomic mass is 10.0. The molecule has 1 aliphatic rings. The molecule has 0 amide bonds. The van der Waals surface area contributed by atoms with Gasteiger partial charge in [0.1, 0.15) is 5.82 Å². The first-order valence-corrected chi connectivity index (χ1v) is 6.14. The van der Waals surface area contributed by atoms with E-state index in [1.54, 1.807) is 0 Å². The molecule has 1 aromatic heterocycles. The SMILES string of the molecule is CNc1cccc(CN2CCCC(C)C2)n1. The Hall–Kier alpha value is -1.09. The van der Waals surface area contributed by atoms with Gasteiger partial charge in [-0.1, -0.05) is 13.0 Å². The van der Waals surface area contributed by atoms with Crippen molar-refractivity contribution in [1.29, 1.82) is 0 Å². The van der Waals surface area contributed by atoms with Crippen LogP contribution in [0.2, 0.25) is 0 Å². The molecule has 16 heavy (non-hydrogen) atoms. The molecule has 2 heterocycles. The monoisotopic (exact) mass is 219 g/mol. The summed E-state index contributed by atoms with van der Waals surface area (Å²) in [5.74, 6) is 1.80. The third-order valence-electron chi connectivity index (χ3n) is 3.19. The number of piperidine rings is 1. The third kappa shape index (κ3) is 2.95. The van der Waals surface area contributed by atoms with E-state index in [-0.39, 0.29) is 0 Å². The van der Waals surface area contributed by atoms with Crippen LogP contribution >= 0.6 is 0 Å². The molecule has 2 rings (SSSR count). The van der Waals surface area contributed by atoms with Crippen molar-refractivity contribution in [3.63, 3.8) is 0 Å². The van der Waals surface area contributed by atoms with Gasteiger partial charge >= 0.3 is 0 Å². The summed E-state index contributed by atoms with van der Waals surface area (Å²) in [6.45, 7) is 5.75. The molecule has 1 aromatic rings. The summed E-state index contributed by atoms with van der Waals surface area (Å²) >= 11 is 0. The van der Waals surface area contributed by atoms with E-state index in [9.17, 15) is 0 Å². The molecular weight excluding hydrogens is 198 g/mol. The van der Waals surface area contributed by atoms with Gasteiger partial charge in [-0.05, 0) is 37.4 Å². The molecule has 1 atom stereocenters. The molecule has 88 valence electrons. The second kappa shape index (κ2) is 5.30. The van der Waals surface area contributed by atoms with Crippen LogP contribution in [0.3, 0.4) is 0 Å². The zero-order valence-electron chi connectivity index (χ0n) is 10.2. The molecule has 0 aromatic carbocycles. The molecule has 1 saturated heterocycles. The molecule has 3 heteroatoms. The fourth-order valence-corrected chi connectivity index (χ4v) is 2.37. The normalized spacial score (nSPS) is 22.0. The Morgan fingerprint density at radius 3 is 3.12 bits per heavy atom. The van der Waals surface area contributed by atoms with Crippen LogP contribution in [0, 0.1) is 5.92 Å². The standard InChI is InChI=1S/C13H21N3/c1-11-5-4-8-16(9-11)10-12-6-3-7-13(14-2)15-12/h3,6-7,11H,4-5,8-10H2,1-2H3,(H,14,15). The first-order chi connectivity index (χ1) is 7.78. The van der Waals surface area contributed by atoms with Crippen LogP contribution in [0.1, 0.15) is 25.5 Å². The summed E-state index contributed by atoms with van der Waals surface area (Å²) in [6, 6.07) is 6.18. The summed E-state index contributed by atoms with van der Waals surface area (Å²) in [6.07, 6.45) is 2.70. The number of pyridine rings is 1.